The van der Waals surface area contributed by atoms with E-state index in [9.17, 15) is 29.8 Å². The van der Waals surface area contributed by atoms with Gasteiger partial charge < -0.3 is 19.5 Å². The number of fused-ring (bicyclic) bond motifs is 3. The van der Waals surface area contributed by atoms with Crippen LogP contribution in [0.2, 0.25) is 0 Å². The van der Waals surface area contributed by atoms with Crippen molar-refractivity contribution in [2.24, 2.45) is 17.8 Å². The smallest absolute Gasteiger partial charge is 0.487 e. The maximum atomic E-state index is 13.7. The molecule has 2 aromatic rings. The van der Waals surface area contributed by atoms with Crippen molar-refractivity contribution < 1.29 is 34.0 Å². The van der Waals surface area contributed by atoms with Gasteiger partial charge in [-0.1, -0.05) is 18.2 Å². The molecule has 180 valence electrons. The summed E-state index contributed by atoms with van der Waals surface area (Å²) in [7, 11) is 0.231. The van der Waals surface area contributed by atoms with E-state index in [1.54, 1.807) is 12.1 Å². The highest BCUT2D eigenvalue weighted by Gasteiger charge is 2.58. The van der Waals surface area contributed by atoms with Gasteiger partial charge in [-0.2, -0.15) is 0 Å². The Bertz CT molecular complexity index is 1230. The zero-order chi connectivity index (χ0) is 24.9. The lowest BCUT2D eigenvalue weighted by Crippen LogP contribution is -2.45. The molecule has 0 saturated carbocycles. The van der Waals surface area contributed by atoms with E-state index in [2.05, 4.69) is 0 Å². The fraction of sp³-hybridized carbons (Fsp3) is 0.333. The highest BCUT2D eigenvalue weighted by atomic mass is 16.6. The number of nitro groups is 1. The lowest BCUT2D eigenvalue weighted by Gasteiger charge is -2.42. The number of carbonyl (C=O) groups is 2. The summed E-state index contributed by atoms with van der Waals surface area (Å²) in [5.41, 5.74) is 1.94. The molecular formula is C24H23BN2O8. The predicted molar refractivity (Wildman–Crippen MR) is 124 cm³/mol. The van der Waals surface area contributed by atoms with Crippen molar-refractivity contribution in [3.63, 3.8) is 0 Å². The number of phenols is 1. The van der Waals surface area contributed by atoms with Crippen molar-refractivity contribution in [2.45, 2.75) is 18.9 Å². The number of aromatic hydroxyl groups is 1. The third-order valence-corrected chi connectivity index (χ3v) is 7.09. The molecule has 0 unspecified atom stereocenters. The Morgan fingerprint density at radius 1 is 1.17 bits per heavy atom. The Labute approximate surface area is 201 Å². The number of rotatable bonds is 5. The Morgan fingerprint density at radius 2 is 1.91 bits per heavy atom. The number of hydrogen-bond acceptors (Lipinski definition) is 8. The lowest BCUT2D eigenvalue weighted by atomic mass is 9.55. The Balaban J connectivity index is 1.54. The molecule has 2 heterocycles. The zero-order valence-electron chi connectivity index (χ0n) is 18.9. The number of amides is 2. The summed E-state index contributed by atoms with van der Waals surface area (Å²) in [5.74, 6) is -2.67. The van der Waals surface area contributed by atoms with E-state index in [1.165, 1.54) is 43.5 Å². The summed E-state index contributed by atoms with van der Waals surface area (Å²) < 4.78 is 11.2. The number of hydrogen-bond donors (Lipinski definition) is 2. The highest BCUT2D eigenvalue weighted by molar-refractivity contribution is 6.53. The second-order valence-electron chi connectivity index (χ2n) is 9.03. The van der Waals surface area contributed by atoms with Crippen LogP contribution in [0, 0.1) is 27.9 Å². The van der Waals surface area contributed by atoms with Crippen LogP contribution < -0.4 is 4.90 Å². The van der Waals surface area contributed by atoms with Gasteiger partial charge in [0.1, 0.15) is 5.75 Å². The standard InChI is InChI=1S/C24H23BN2O8/c1-34-12-14-9-19-21(24(30)26(23(19)29)15-3-2-4-16(10-15)27(32)33)18-11-20(35-25(31)22(14)18)13-5-7-17(28)8-6-13/h2-8,10,18-21,28,31H,9,11-12H2,1H3/t18-,19-,20-,21+/m0/s1. The number of allylic oxidation sites excluding steroid dienone is 1. The molecule has 2 fully saturated rings. The second-order valence-corrected chi connectivity index (χ2v) is 9.03. The van der Waals surface area contributed by atoms with E-state index in [4.69, 9.17) is 9.39 Å². The number of carbonyl (C=O) groups excluding carboxylic acids is 2. The lowest BCUT2D eigenvalue weighted by molar-refractivity contribution is -0.384. The number of methoxy groups -OCH3 is 1. The molecule has 0 aromatic heterocycles. The summed E-state index contributed by atoms with van der Waals surface area (Å²) in [6, 6.07) is 11.9. The van der Waals surface area contributed by atoms with Crippen LogP contribution in [-0.4, -0.2) is 47.7 Å². The molecule has 0 radical (unpaired) electrons. The van der Waals surface area contributed by atoms with Crippen molar-refractivity contribution in [3.05, 3.63) is 75.3 Å². The molecule has 5 rings (SSSR count). The Hall–Kier alpha value is -3.54. The first kappa shape index (κ1) is 23.2. The fourth-order valence-corrected chi connectivity index (χ4v) is 5.62. The monoisotopic (exact) mass is 478 g/mol. The average molecular weight is 478 g/mol. The third-order valence-electron chi connectivity index (χ3n) is 7.09. The molecular weight excluding hydrogens is 455 g/mol. The Morgan fingerprint density at radius 3 is 2.60 bits per heavy atom. The number of anilines is 1. The van der Waals surface area contributed by atoms with Crippen LogP contribution in [0.5, 0.6) is 5.75 Å². The maximum Gasteiger partial charge on any atom is 0.487 e. The number of nitro benzene ring substituents is 1. The van der Waals surface area contributed by atoms with Gasteiger partial charge in [0, 0.05) is 19.2 Å². The topological polar surface area (TPSA) is 139 Å². The first-order valence-electron chi connectivity index (χ1n) is 11.3. The Kier molecular flexibility index (Phi) is 5.91. The van der Waals surface area contributed by atoms with Crippen molar-refractivity contribution in [2.75, 3.05) is 18.6 Å². The van der Waals surface area contributed by atoms with Gasteiger partial charge in [-0.25, -0.2) is 4.90 Å². The SMILES string of the molecule is COCC1=C2B(O)O[C@H](c3ccc(O)cc3)C[C@H]2[C@H]2C(=O)N(c3cccc([N+](=O)[O-])c3)C(=O)[C@H]2C1. The molecule has 2 amide bonds. The largest absolute Gasteiger partial charge is 0.508 e. The van der Waals surface area contributed by atoms with Gasteiger partial charge in [0.15, 0.2) is 0 Å². The number of ether oxygens (including phenoxy) is 1. The van der Waals surface area contributed by atoms with Gasteiger partial charge in [-0.3, -0.25) is 19.7 Å². The van der Waals surface area contributed by atoms with Crippen LogP contribution in [0.1, 0.15) is 24.5 Å². The minimum Gasteiger partial charge on any atom is -0.508 e. The van der Waals surface area contributed by atoms with E-state index in [0.29, 0.717) is 11.9 Å². The molecule has 1 aliphatic carbocycles. The van der Waals surface area contributed by atoms with Gasteiger partial charge >= 0.3 is 7.12 Å². The molecule has 0 bridgehead atoms. The summed E-state index contributed by atoms with van der Waals surface area (Å²) in [6.07, 6.45) is 0.00880. The van der Waals surface area contributed by atoms with E-state index < -0.39 is 47.7 Å². The molecule has 11 heteroatoms. The molecule has 4 atom stereocenters. The molecule has 0 spiro atoms. The molecule has 3 aliphatic rings. The summed E-state index contributed by atoms with van der Waals surface area (Å²) in [4.78, 5) is 38.9. The van der Waals surface area contributed by atoms with E-state index in [1.807, 2.05) is 0 Å². The molecule has 2 N–H and O–H groups in total. The predicted octanol–water partition coefficient (Wildman–Crippen LogP) is 2.55. The van der Waals surface area contributed by atoms with Gasteiger partial charge in [0.05, 0.1) is 35.2 Å². The number of non-ortho nitro benzene ring substituents is 1. The first-order valence-corrected chi connectivity index (χ1v) is 11.3. The molecule has 10 nitrogen and oxygen atoms in total. The van der Waals surface area contributed by atoms with E-state index in [0.717, 1.165) is 16.0 Å². The summed E-state index contributed by atoms with van der Waals surface area (Å²) >= 11 is 0. The molecule has 35 heavy (non-hydrogen) atoms. The quantitative estimate of drug-likeness (QED) is 0.289. The zero-order valence-corrected chi connectivity index (χ0v) is 18.9. The van der Waals surface area contributed by atoms with Crippen molar-refractivity contribution in [1.29, 1.82) is 0 Å². The number of phenolic OH excluding ortho intramolecular Hbond substituents is 1. The van der Waals surface area contributed by atoms with Gasteiger partial charge in [-0.05, 0) is 53.6 Å². The van der Waals surface area contributed by atoms with Gasteiger partial charge in [-0.15, -0.1) is 0 Å². The minimum atomic E-state index is -1.28. The molecule has 2 aromatic carbocycles. The summed E-state index contributed by atoms with van der Waals surface area (Å²) in [5, 5.41) is 31.8. The van der Waals surface area contributed by atoms with Gasteiger partial charge in [0.2, 0.25) is 11.8 Å². The second kappa shape index (κ2) is 8.92. The van der Waals surface area contributed by atoms with Gasteiger partial charge in [0.25, 0.3) is 5.69 Å². The molecule has 2 aliphatic heterocycles. The van der Waals surface area contributed by atoms with Crippen LogP contribution in [0.15, 0.2) is 59.6 Å². The maximum absolute atomic E-state index is 13.7. The van der Waals surface area contributed by atoms with Crippen LogP contribution in [-0.2, 0) is 19.0 Å². The van der Waals surface area contributed by atoms with Crippen LogP contribution in [0.25, 0.3) is 0 Å². The van der Waals surface area contributed by atoms with Crippen LogP contribution in [0.3, 0.4) is 0 Å². The highest BCUT2D eigenvalue weighted by Crippen LogP contribution is 2.52. The van der Waals surface area contributed by atoms with E-state index >= 15 is 0 Å². The molecule has 2 saturated heterocycles. The van der Waals surface area contributed by atoms with Crippen LogP contribution >= 0.6 is 0 Å². The normalized spacial score (nSPS) is 26.1. The third kappa shape index (κ3) is 3.91. The van der Waals surface area contributed by atoms with Crippen molar-refractivity contribution in [1.82, 2.24) is 0 Å². The van der Waals surface area contributed by atoms with Crippen molar-refractivity contribution in [3.8, 4) is 5.75 Å². The van der Waals surface area contributed by atoms with Crippen LogP contribution in [0.4, 0.5) is 11.4 Å². The number of imide groups is 1. The first-order chi connectivity index (χ1) is 16.8. The number of nitrogens with zero attached hydrogens (tertiary/aromatic N) is 2. The minimum absolute atomic E-state index is 0.0926. The average Bonchev–Trinajstić information content (AvgIpc) is 3.09. The number of benzene rings is 2. The van der Waals surface area contributed by atoms with Crippen molar-refractivity contribution >= 4 is 30.3 Å². The summed E-state index contributed by atoms with van der Waals surface area (Å²) in [6.45, 7) is 0.178. The van der Waals surface area contributed by atoms with E-state index in [-0.39, 0.29) is 30.2 Å². The fourth-order valence-electron chi connectivity index (χ4n) is 5.62.